The summed E-state index contributed by atoms with van der Waals surface area (Å²) in [4.78, 5) is 2.16. The molecule has 0 aliphatic rings. The zero-order valence-electron chi connectivity index (χ0n) is 9.37. The molecule has 0 bridgehead atoms. The molecule has 1 atom stereocenters. The molecule has 1 aromatic rings. The maximum atomic E-state index is 5.64. The number of nitrogens with zero attached hydrogens (tertiary/aromatic N) is 3. The van der Waals surface area contributed by atoms with Crippen LogP contribution in [0.5, 0.6) is 0 Å². The van der Waals surface area contributed by atoms with Crippen molar-refractivity contribution < 1.29 is 0 Å². The summed E-state index contributed by atoms with van der Waals surface area (Å²) in [5.74, 6) is 0.769. The summed E-state index contributed by atoms with van der Waals surface area (Å²) in [6.07, 6.45) is 1.07. The Morgan fingerprint density at radius 3 is 2.67 bits per heavy atom. The van der Waals surface area contributed by atoms with Crippen LogP contribution in [0.2, 0.25) is 5.15 Å². The van der Waals surface area contributed by atoms with Crippen LogP contribution in [0, 0.1) is 0 Å². The van der Waals surface area contributed by atoms with E-state index in [9.17, 15) is 0 Å². The molecule has 0 spiro atoms. The lowest BCUT2D eigenvalue weighted by Crippen LogP contribution is -2.23. The van der Waals surface area contributed by atoms with Crippen molar-refractivity contribution in [1.82, 2.24) is 15.1 Å². The van der Waals surface area contributed by atoms with Gasteiger partial charge in [-0.3, -0.25) is 0 Å². The van der Waals surface area contributed by atoms with Crippen molar-refractivity contribution in [2.75, 3.05) is 26.0 Å². The lowest BCUT2D eigenvalue weighted by Gasteiger charge is -2.16. The Labute approximate surface area is 95.6 Å². The lowest BCUT2D eigenvalue weighted by atomic mass is 10.2. The molecule has 1 unspecified atom stereocenters. The van der Waals surface area contributed by atoms with Crippen LogP contribution in [0.15, 0.2) is 12.1 Å². The van der Waals surface area contributed by atoms with E-state index < -0.39 is 0 Å². The third-order valence-electron chi connectivity index (χ3n) is 2.04. The molecule has 0 aliphatic carbocycles. The number of hydrogen-bond donors (Lipinski definition) is 1. The van der Waals surface area contributed by atoms with Crippen molar-refractivity contribution >= 4 is 17.4 Å². The van der Waals surface area contributed by atoms with E-state index in [2.05, 4.69) is 41.4 Å². The van der Waals surface area contributed by atoms with Crippen LogP contribution >= 0.6 is 11.6 Å². The van der Waals surface area contributed by atoms with E-state index in [-0.39, 0.29) is 0 Å². The molecule has 1 heterocycles. The first-order valence-electron chi connectivity index (χ1n) is 4.98. The SMILES string of the molecule is CC(CCN(C)C)Nc1ccc(Cl)nn1. The van der Waals surface area contributed by atoms with Crippen molar-refractivity contribution in [3.8, 4) is 0 Å². The first kappa shape index (κ1) is 12.2. The van der Waals surface area contributed by atoms with Gasteiger partial charge in [-0.25, -0.2) is 0 Å². The second-order valence-electron chi connectivity index (χ2n) is 3.88. The molecule has 1 rings (SSSR count). The fourth-order valence-electron chi connectivity index (χ4n) is 1.17. The molecular formula is C10H17ClN4. The molecule has 1 aromatic heterocycles. The Balaban J connectivity index is 2.37. The molecule has 84 valence electrons. The summed E-state index contributed by atoms with van der Waals surface area (Å²) < 4.78 is 0. The second kappa shape index (κ2) is 5.88. The van der Waals surface area contributed by atoms with E-state index in [0.717, 1.165) is 18.8 Å². The molecular weight excluding hydrogens is 212 g/mol. The van der Waals surface area contributed by atoms with E-state index in [1.54, 1.807) is 6.07 Å². The number of rotatable bonds is 5. The molecule has 0 amide bonds. The fraction of sp³-hybridized carbons (Fsp3) is 0.600. The summed E-state index contributed by atoms with van der Waals surface area (Å²) in [5.41, 5.74) is 0. The van der Waals surface area contributed by atoms with Gasteiger partial charge in [0, 0.05) is 6.04 Å². The molecule has 5 heteroatoms. The third kappa shape index (κ3) is 4.95. The maximum Gasteiger partial charge on any atom is 0.151 e. The molecule has 4 nitrogen and oxygen atoms in total. The number of halogens is 1. The highest BCUT2D eigenvalue weighted by molar-refractivity contribution is 6.29. The van der Waals surface area contributed by atoms with Gasteiger partial charge in [0.05, 0.1) is 0 Å². The number of aromatic nitrogens is 2. The normalized spacial score (nSPS) is 12.9. The fourth-order valence-corrected chi connectivity index (χ4v) is 1.27. The topological polar surface area (TPSA) is 41.0 Å². The molecule has 0 fully saturated rings. The smallest absolute Gasteiger partial charge is 0.151 e. The van der Waals surface area contributed by atoms with E-state index in [4.69, 9.17) is 11.6 Å². The Kier molecular flexibility index (Phi) is 4.78. The van der Waals surface area contributed by atoms with Crippen LogP contribution in [0.4, 0.5) is 5.82 Å². The van der Waals surface area contributed by atoms with E-state index in [1.165, 1.54) is 0 Å². The van der Waals surface area contributed by atoms with Crippen LogP contribution in [0.25, 0.3) is 0 Å². The van der Waals surface area contributed by atoms with Crippen LogP contribution in [0.1, 0.15) is 13.3 Å². The first-order valence-corrected chi connectivity index (χ1v) is 5.36. The quantitative estimate of drug-likeness (QED) is 0.836. The lowest BCUT2D eigenvalue weighted by molar-refractivity contribution is 0.390. The zero-order chi connectivity index (χ0) is 11.3. The van der Waals surface area contributed by atoms with Crippen molar-refractivity contribution in [2.45, 2.75) is 19.4 Å². The average molecular weight is 229 g/mol. The van der Waals surface area contributed by atoms with Gasteiger partial charge in [0.1, 0.15) is 5.82 Å². The standard InChI is InChI=1S/C10H17ClN4/c1-8(6-7-15(2)3)12-10-5-4-9(11)13-14-10/h4-5,8H,6-7H2,1-3H3,(H,12,14). The highest BCUT2D eigenvalue weighted by Crippen LogP contribution is 2.08. The summed E-state index contributed by atoms with van der Waals surface area (Å²) in [5, 5.41) is 11.4. The number of anilines is 1. The van der Waals surface area contributed by atoms with Crippen LogP contribution in [-0.2, 0) is 0 Å². The van der Waals surface area contributed by atoms with Crippen LogP contribution < -0.4 is 5.32 Å². The molecule has 0 saturated heterocycles. The van der Waals surface area contributed by atoms with Gasteiger partial charge in [-0.1, -0.05) is 11.6 Å². The molecule has 0 aromatic carbocycles. The average Bonchev–Trinajstić information content (AvgIpc) is 2.19. The van der Waals surface area contributed by atoms with Crippen molar-refractivity contribution in [3.05, 3.63) is 17.3 Å². The van der Waals surface area contributed by atoms with Crippen molar-refractivity contribution in [2.24, 2.45) is 0 Å². The van der Waals surface area contributed by atoms with E-state index in [0.29, 0.717) is 11.2 Å². The molecule has 15 heavy (non-hydrogen) atoms. The van der Waals surface area contributed by atoms with Gasteiger partial charge in [-0.05, 0) is 46.1 Å². The Bertz CT molecular complexity index is 286. The Morgan fingerprint density at radius 2 is 2.13 bits per heavy atom. The van der Waals surface area contributed by atoms with Gasteiger partial charge in [0.15, 0.2) is 5.15 Å². The second-order valence-corrected chi connectivity index (χ2v) is 4.27. The minimum Gasteiger partial charge on any atom is -0.366 e. The molecule has 0 radical (unpaired) electrons. The predicted molar refractivity (Wildman–Crippen MR) is 63.3 cm³/mol. The molecule has 1 N–H and O–H groups in total. The van der Waals surface area contributed by atoms with Gasteiger partial charge < -0.3 is 10.2 Å². The number of hydrogen-bond acceptors (Lipinski definition) is 4. The molecule has 0 aliphatic heterocycles. The van der Waals surface area contributed by atoms with Gasteiger partial charge in [-0.15, -0.1) is 10.2 Å². The van der Waals surface area contributed by atoms with Crippen LogP contribution in [-0.4, -0.2) is 41.8 Å². The number of nitrogens with one attached hydrogen (secondary N) is 1. The van der Waals surface area contributed by atoms with Crippen LogP contribution in [0.3, 0.4) is 0 Å². The van der Waals surface area contributed by atoms with Gasteiger partial charge in [0.2, 0.25) is 0 Å². The highest BCUT2D eigenvalue weighted by atomic mass is 35.5. The monoisotopic (exact) mass is 228 g/mol. The summed E-state index contributed by atoms with van der Waals surface area (Å²) in [7, 11) is 4.13. The van der Waals surface area contributed by atoms with Crippen molar-refractivity contribution in [3.63, 3.8) is 0 Å². The van der Waals surface area contributed by atoms with E-state index in [1.807, 2.05) is 6.07 Å². The first-order chi connectivity index (χ1) is 7.08. The highest BCUT2D eigenvalue weighted by Gasteiger charge is 2.03. The molecule has 0 saturated carbocycles. The minimum atomic E-state index is 0.378. The summed E-state index contributed by atoms with van der Waals surface area (Å²) in [6.45, 7) is 3.18. The van der Waals surface area contributed by atoms with Crippen molar-refractivity contribution in [1.29, 1.82) is 0 Å². The zero-order valence-corrected chi connectivity index (χ0v) is 10.1. The summed E-state index contributed by atoms with van der Waals surface area (Å²) in [6, 6.07) is 3.94. The summed E-state index contributed by atoms with van der Waals surface area (Å²) >= 11 is 5.64. The van der Waals surface area contributed by atoms with E-state index >= 15 is 0 Å². The predicted octanol–water partition coefficient (Wildman–Crippen LogP) is 1.88. The van der Waals surface area contributed by atoms with Gasteiger partial charge >= 0.3 is 0 Å². The largest absolute Gasteiger partial charge is 0.366 e. The van der Waals surface area contributed by atoms with Gasteiger partial charge in [-0.2, -0.15) is 0 Å². The maximum absolute atomic E-state index is 5.64. The minimum absolute atomic E-state index is 0.378. The van der Waals surface area contributed by atoms with Gasteiger partial charge in [0.25, 0.3) is 0 Å². The third-order valence-corrected chi connectivity index (χ3v) is 2.24. The Hall–Kier alpha value is -0.870. The Morgan fingerprint density at radius 1 is 1.40 bits per heavy atom.